The summed E-state index contributed by atoms with van der Waals surface area (Å²) in [5.41, 5.74) is 11.9. The second-order valence-electron chi connectivity index (χ2n) is 4.72. The minimum absolute atomic E-state index is 0.126. The van der Waals surface area contributed by atoms with Crippen LogP contribution in [0.25, 0.3) is 0 Å². The first-order valence-electron chi connectivity index (χ1n) is 6.78. The predicted octanol–water partition coefficient (Wildman–Crippen LogP) is 1.45. The van der Waals surface area contributed by atoms with Gasteiger partial charge in [-0.25, -0.2) is 0 Å². The summed E-state index contributed by atoms with van der Waals surface area (Å²) in [5, 5.41) is 3.26. The second kappa shape index (κ2) is 8.49. The van der Waals surface area contributed by atoms with E-state index in [1.54, 1.807) is 18.2 Å². The molecule has 0 aromatic heterocycles. The Balaban J connectivity index is 2.38. The number of anilines is 2. The number of hydrogen-bond donors (Lipinski definition) is 3. The normalized spacial score (nSPS) is 10.6. The van der Waals surface area contributed by atoms with Crippen LogP contribution in [0.5, 0.6) is 0 Å². The third-order valence-corrected chi connectivity index (χ3v) is 3.23. The molecule has 2 amide bonds. The van der Waals surface area contributed by atoms with Crippen molar-refractivity contribution in [1.29, 1.82) is 0 Å². The molecule has 0 spiro atoms. The van der Waals surface area contributed by atoms with E-state index in [0.29, 0.717) is 42.3 Å². The van der Waals surface area contributed by atoms with Gasteiger partial charge in [-0.1, -0.05) is 18.5 Å². The average Bonchev–Trinajstić information content (AvgIpc) is 2.40. The lowest BCUT2D eigenvalue weighted by Gasteiger charge is -2.18. The van der Waals surface area contributed by atoms with E-state index in [4.69, 9.17) is 23.1 Å². The molecule has 0 atom stereocenters. The largest absolute Gasteiger partial charge is 0.397 e. The Morgan fingerprint density at radius 2 is 2.10 bits per heavy atom. The Hall–Kier alpha value is -1.79. The summed E-state index contributed by atoms with van der Waals surface area (Å²) in [6.07, 6.45) is 0.984. The Labute approximate surface area is 129 Å². The lowest BCUT2D eigenvalue weighted by Crippen LogP contribution is -2.34. The fourth-order valence-electron chi connectivity index (χ4n) is 1.89. The number of nitrogens with zero attached hydrogens (tertiary/aromatic N) is 1. The van der Waals surface area contributed by atoms with Gasteiger partial charge in [0.25, 0.3) is 0 Å². The summed E-state index contributed by atoms with van der Waals surface area (Å²) >= 11 is 5.79. The molecule has 116 valence electrons. The highest BCUT2D eigenvalue weighted by molar-refractivity contribution is 6.31. The molecule has 0 aliphatic rings. The molecule has 0 radical (unpaired) electrons. The van der Waals surface area contributed by atoms with Crippen LogP contribution in [-0.2, 0) is 9.59 Å². The van der Waals surface area contributed by atoms with E-state index in [1.807, 2.05) is 11.8 Å². The summed E-state index contributed by atoms with van der Waals surface area (Å²) in [6.45, 7) is 3.51. The maximum absolute atomic E-state index is 11.8. The van der Waals surface area contributed by atoms with Crippen molar-refractivity contribution in [1.82, 2.24) is 4.90 Å². The minimum Gasteiger partial charge on any atom is -0.397 e. The number of rotatable bonds is 8. The molecule has 0 aliphatic carbocycles. The average molecular weight is 313 g/mol. The highest BCUT2D eigenvalue weighted by Crippen LogP contribution is 2.22. The summed E-state index contributed by atoms with van der Waals surface area (Å²) in [4.78, 5) is 24.6. The molecule has 0 saturated heterocycles. The van der Waals surface area contributed by atoms with E-state index in [-0.39, 0.29) is 18.4 Å². The topological polar surface area (TPSA) is 101 Å². The second-order valence-corrected chi connectivity index (χ2v) is 5.15. The monoisotopic (exact) mass is 312 g/mol. The van der Waals surface area contributed by atoms with Gasteiger partial charge in [0.15, 0.2) is 0 Å². The number of carbonyl (C=O) groups excluding carboxylic acids is 2. The van der Waals surface area contributed by atoms with Crippen LogP contribution in [0, 0.1) is 0 Å². The van der Waals surface area contributed by atoms with Gasteiger partial charge in [-0.2, -0.15) is 0 Å². The third kappa shape index (κ3) is 6.46. The molecular weight excluding hydrogens is 292 g/mol. The fourth-order valence-corrected chi connectivity index (χ4v) is 2.07. The van der Waals surface area contributed by atoms with Gasteiger partial charge < -0.3 is 16.8 Å². The molecular formula is C14H21ClN4O2. The van der Waals surface area contributed by atoms with Crippen molar-refractivity contribution in [3.63, 3.8) is 0 Å². The summed E-state index contributed by atoms with van der Waals surface area (Å²) in [5.74, 6) is -0.491. The number of benzene rings is 1. The lowest BCUT2D eigenvalue weighted by atomic mass is 10.2. The first kappa shape index (κ1) is 17.3. The number of nitrogens with one attached hydrogen (secondary N) is 1. The van der Waals surface area contributed by atoms with Gasteiger partial charge in [0.1, 0.15) is 0 Å². The molecule has 0 aliphatic heterocycles. The van der Waals surface area contributed by atoms with Crippen LogP contribution in [0.1, 0.15) is 19.8 Å². The molecule has 0 heterocycles. The highest BCUT2D eigenvalue weighted by atomic mass is 35.5. The molecule has 1 aromatic rings. The van der Waals surface area contributed by atoms with Crippen LogP contribution in [0.4, 0.5) is 11.4 Å². The maximum atomic E-state index is 11.8. The van der Waals surface area contributed by atoms with E-state index in [0.717, 1.165) is 0 Å². The number of amides is 2. The van der Waals surface area contributed by atoms with Crippen molar-refractivity contribution in [2.45, 2.75) is 19.8 Å². The van der Waals surface area contributed by atoms with E-state index in [1.165, 1.54) is 0 Å². The first-order valence-corrected chi connectivity index (χ1v) is 7.15. The minimum atomic E-state index is -0.366. The predicted molar refractivity (Wildman–Crippen MR) is 85.0 cm³/mol. The van der Waals surface area contributed by atoms with E-state index in [2.05, 4.69) is 5.32 Å². The molecule has 0 unspecified atom stereocenters. The van der Waals surface area contributed by atoms with E-state index in [9.17, 15) is 9.59 Å². The Kier molecular flexibility index (Phi) is 6.98. The molecule has 1 aromatic carbocycles. The van der Waals surface area contributed by atoms with Gasteiger partial charge in [0.05, 0.1) is 17.9 Å². The summed E-state index contributed by atoms with van der Waals surface area (Å²) in [7, 11) is 0. The molecule has 1 rings (SSSR count). The molecule has 6 nitrogen and oxygen atoms in total. The van der Waals surface area contributed by atoms with Crippen LogP contribution in [-0.4, -0.2) is 36.3 Å². The number of nitrogens with two attached hydrogens (primary N) is 2. The van der Waals surface area contributed by atoms with Crippen molar-refractivity contribution in [3.8, 4) is 0 Å². The van der Waals surface area contributed by atoms with Crippen LogP contribution in [0.3, 0.4) is 0 Å². The molecule has 0 bridgehead atoms. The van der Waals surface area contributed by atoms with E-state index >= 15 is 0 Å². The van der Waals surface area contributed by atoms with Crippen LogP contribution in [0.2, 0.25) is 5.02 Å². The number of primary amides is 1. The van der Waals surface area contributed by atoms with Crippen LogP contribution >= 0.6 is 11.6 Å². The van der Waals surface area contributed by atoms with Crippen LogP contribution < -0.4 is 16.8 Å². The fraction of sp³-hybridized carbons (Fsp3) is 0.429. The number of carbonyl (C=O) groups is 2. The van der Waals surface area contributed by atoms with Gasteiger partial charge in [-0.15, -0.1) is 0 Å². The Morgan fingerprint density at radius 1 is 1.38 bits per heavy atom. The van der Waals surface area contributed by atoms with Gasteiger partial charge in [-0.3, -0.25) is 14.5 Å². The standard InChI is InChI=1S/C14H21ClN4O2/c1-2-19(9-13(17)20)7-3-4-14(21)18-12-6-5-10(15)8-11(12)16/h5-6,8H,2-4,7,9,16H2,1H3,(H2,17,20)(H,18,21). The quantitative estimate of drug-likeness (QED) is 0.632. The lowest BCUT2D eigenvalue weighted by molar-refractivity contribution is -0.119. The zero-order valence-electron chi connectivity index (χ0n) is 12.1. The van der Waals surface area contributed by atoms with Crippen LogP contribution in [0.15, 0.2) is 18.2 Å². The zero-order valence-corrected chi connectivity index (χ0v) is 12.8. The summed E-state index contributed by atoms with van der Waals surface area (Å²) in [6, 6.07) is 4.92. The van der Waals surface area contributed by atoms with E-state index < -0.39 is 0 Å². The van der Waals surface area contributed by atoms with Crippen molar-refractivity contribution in [2.75, 3.05) is 30.7 Å². The molecule has 21 heavy (non-hydrogen) atoms. The van der Waals surface area contributed by atoms with Gasteiger partial charge >= 0.3 is 0 Å². The van der Waals surface area contributed by atoms with Crippen molar-refractivity contribution < 1.29 is 9.59 Å². The zero-order chi connectivity index (χ0) is 15.8. The third-order valence-electron chi connectivity index (χ3n) is 2.99. The smallest absolute Gasteiger partial charge is 0.231 e. The SMILES string of the molecule is CCN(CCCC(=O)Nc1ccc(Cl)cc1N)CC(N)=O. The number of hydrogen-bond acceptors (Lipinski definition) is 4. The van der Waals surface area contributed by atoms with Gasteiger partial charge in [0, 0.05) is 11.4 Å². The summed E-state index contributed by atoms with van der Waals surface area (Å²) < 4.78 is 0. The van der Waals surface area contributed by atoms with Crippen molar-refractivity contribution in [3.05, 3.63) is 23.2 Å². The Bertz CT molecular complexity index is 508. The highest BCUT2D eigenvalue weighted by Gasteiger charge is 2.09. The van der Waals surface area contributed by atoms with Crippen molar-refractivity contribution in [2.24, 2.45) is 5.73 Å². The van der Waals surface area contributed by atoms with Crippen molar-refractivity contribution >= 4 is 34.8 Å². The maximum Gasteiger partial charge on any atom is 0.231 e. The van der Waals surface area contributed by atoms with Gasteiger partial charge in [-0.05, 0) is 37.7 Å². The molecule has 0 saturated carbocycles. The van der Waals surface area contributed by atoms with Gasteiger partial charge in [0.2, 0.25) is 11.8 Å². The number of halogens is 1. The Morgan fingerprint density at radius 3 is 2.67 bits per heavy atom. The molecule has 7 heteroatoms. The first-order chi connectivity index (χ1) is 9.92. The molecule has 5 N–H and O–H groups in total. The molecule has 0 fully saturated rings. The number of likely N-dealkylation sites (N-methyl/N-ethyl adjacent to an activating group) is 1. The number of nitrogen functional groups attached to an aromatic ring is 1.